The number of nitrogens with zero attached hydrogens (tertiary/aromatic N) is 1. The third kappa shape index (κ3) is 4.10. The number of carbonyl (C=O) groups is 1. The maximum atomic E-state index is 13.1. The van der Waals surface area contributed by atoms with Gasteiger partial charge in [-0.25, -0.2) is 4.79 Å². The van der Waals surface area contributed by atoms with Gasteiger partial charge in [-0.05, 0) is 49.2 Å². The fraction of sp³-hybridized carbons (Fsp3) is 0.348. The van der Waals surface area contributed by atoms with E-state index in [-0.39, 0.29) is 12.1 Å². The Kier molecular flexibility index (Phi) is 5.33. The Morgan fingerprint density at radius 1 is 1.04 bits per heavy atom. The maximum absolute atomic E-state index is 13.1. The Morgan fingerprint density at radius 2 is 1.67 bits per heavy atom. The van der Waals surface area contributed by atoms with Gasteiger partial charge in [0.2, 0.25) is 0 Å². The molecule has 3 atom stereocenters. The third-order valence-corrected chi connectivity index (χ3v) is 6.07. The third-order valence-electron chi connectivity index (χ3n) is 5.81. The molecule has 0 saturated carbocycles. The van der Waals surface area contributed by atoms with Crippen LogP contribution in [0.15, 0.2) is 54.6 Å². The number of carbonyl (C=O) groups excluding carboxylic acids is 1. The zero-order valence-corrected chi connectivity index (χ0v) is 16.2. The Labute approximate surface area is 165 Å². The van der Waals surface area contributed by atoms with Crippen molar-refractivity contribution in [3.8, 4) is 0 Å². The number of esters is 1. The van der Waals surface area contributed by atoms with E-state index in [0.717, 1.165) is 24.0 Å². The van der Waals surface area contributed by atoms with Crippen molar-refractivity contribution in [2.45, 2.75) is 43.9 Å². The minimum Gasteiger partial charge on any atom is -0.459 e. The van der Waals surface area contributed by atoms with E-state index < -0.39 is 0 Å². The number of halogens is 1. The molecule has 0 N–H and O–H groups in total. The lowest BCUT2D eigenvalue weighted by atomic mass is 9.99. The van der Waals surface area contributed by atoms with E-state index in [1.807, 2.05) is 60.7 Å². The van der Waals surface area contributed by atoms with Crippen molar-refractivity contribution in [2.75, 3.05) is 7.05 Å². The molecule has 0 radical (unpaired) electrons. The normalized spacial score (nSPS) is 25.4. The van der Waals surface area contributed by atoms with E-state index in [4.69, 9.17) is 16.3 Å². The van der Waals surface area contributed by atoms with Gasteiger partial charge in [0.25, 0.3) is 0 Å². The van der Waals surface area contributed by atoms with Gasteiger partial charge in [-0.15, -0.1) is 0 Å². The van der Waals surface area contributed by atoms with Crippen LogP contribution >= 0.6 is 11.6 Å². The molecule has 2 heterocycles. The molecule has 2 aromatic rings. The van der Waals surface area contributed by atoms with Gasteiger partial charge in [-0.1, -0.05) is 54.1 Å². The molecule has 0 spiro atoms. The molecule has 2 bridgehead atoms. The predicted molar refractivity (Wildman–Crippen MR) is 109 cm³/mol. The summed E-state index contributed by atoms with van der Waals surface area (Å²) >= 11 is 5.99. The number of hydrogen-bond acceptors (Lipinski definition) is 3. The van der Waals surface area contributed by atoms with Crippen LogP contribution in [0.25, 0.3) is 11.6 Å². The minimum atomic E-state index is -0.245. The van der Waals surface area contributed by atoms with Gasteiger partial charge >= 0.3 is 5.97 Å². The van der Waals surface area contributed by atoms with Crippen molar-refractivity contribution in [1.29, 1.82) is 0 Å². The van der Waals surface area contributed by atoms with E-state index >= 15 is 0 Å². The first-order chi connectivity index (χ1) is 13.1. The number of hydrogen-bond donors (Lipinski definition) is 0. The van der Waals surface area contributed by atoms with Crippen molar-refractivity contribution in [3.05, 3.63) is 70.7 Å². The molecule has 0 amide bonds. The predicted octanol–water partition coefficient (Wildman–Crippen LogP) is 5.05. The standard InChI is InChI=1S/C23H24ClNO2/c1-25-19-11-12-20(25)15-21(14-19)27-23(26)22(17-5-3-2-4-6-17)13-16-7-9-18(24)10-8-16/h2-10,13,19-21H,11-12,14-15H2,1H3/b22-13+/t19-,20+,21?. The van der Waals surface area contributed by atoms with Crippen LogP contribution < -0.4 is 0 Å². The summed E-state index contributed by atoms with van der Waals surface area (Å²) in [5.74, 6) is -0.245. The summed E-state index contributed by atoms with van der Waals surface area (Å²) in [5.41, 5.74) is 2.39. The highest BCUT2D eigenvalue weighted by Crippen LogP contribution is 2.36. The van der Waals surface area contributed by atoms with E-state index in [0.29, 0.717) is 22.7 Å². The number of piperidine rings is 1. The van der Waals surface area contributed by atoms with Gasteiger partial charge < -0.3 is 9.64 Å². The van der Waals surface area contributed by atoms with Gasteiger partial charge in [-0.2, -0.15) is 0 Å². The largest absolute Gasteiger partial charge is 0.459 e. The van der Waals surface area contributed by atoms with E-state index in [2.05, 4.69) is 11.9 Å². The molecule has 140 valence electrons. The molecule has 4 rings (SSSR count). The molecule has 1 unspecified atom stereocenters. The van der Waals surface area contributed by atoms with Crippen LogP contribution in [0.3, 0.4) is 0 Å². The molecule has 2 aromatic carbocycles. The molecule has 2 saturated heterocycles. The van der Waals surface area contributed by atoms with Crippen molar-refractivity contribution < 1.29 is 9.53 Å². The van der Waals surface area contributed by atoms with Crippen LogP contribution in [0, 0.1) is 0 Å². The average Bonchev–Trinajstić information content (AvgIpc) is 2.89. The summed E-state index contributed by atoms with van der Waals surface area (Å²) in [4.78, 5) is 15.5. The monoisotopic (exact) mass is 381 g/mol. The first kappa shape index (κ1) is 18.3. The average molecular weight is 382 g/mol. The fourth-order valence-corrected chi connectivity index (χ4v) is 4.40. The van der Waals surface area contributed by atoms with Crippen LogP contribution in [-0.4, -0.2) is 36.1 Å². The zero-order valence-electron chi connectivity index (χ0n) is 15.5. The van der Waals surface area contributed by atoms with Crippen LogP contribution in [0.1, 0.15) is 36.8 Å². The Hall–Kier alpha value is -2.10. The second-order valence-corrected chi connectivity index (χ2v) is 7.96. The second-order valence-electron chi connectivity index (χ2n) is 7.52. The lowest BCUT2D eigenvalue weighted by Crippen LogP contribution is -2.43. The highest BCUT2D eigenvalue weighted by molar-refractivity contribution is 6.30. The first-order valence-corrected chi connectivity index (χ1v) is 9.93. The van der Waals surface area contributed by atoms with Gasteiger partial charge in [0, 0.05) is 29.9 Å². The molecule has 3 nitrogen and oxygen atoms in total. The van der Waals surface area contributed by atoms with E-state index in [9.17, 15) is 4.79 Å². The quantitative estimate of drug-likeness (QED) is 0.421. The van der Waals surface area contributed by atoms with Crippen LogP contribution in [0.5, 0.6) is 0 Å². The number of ether oxygens (including phenoxy) is 1. The molecule has 2 fully saturated rings. The molecule has 4 heteroatoms. The minimum absolute atomic E-state index is 0.00327. The van der Waals surface area contributed by atoms with Gasteiger partial charge in [0.1, 0.15) is 6.10 Å². The van der Waals surface area contributed by atoms with Crippen LogP contribution in [0.2, 0.25) is 5.02 Å². The summed E-state index contributed by atoms with van der Waals surface area (Å²) in [6, 6.07) is 18.3. The van der Waals surface area contributed by atoms with Gasteiger partial charge in [0.15, 0.2) is 0 Å². The molecule has 2 aliphatic rings. The highest BCUT2D eigenvalue weighted by atomic mass is 35.5. The summed E-state index contributed by atoms with van der Waals surface area (Å²) in [7, 11) is 2.19. The lowest BCUT2D eigenvalue weighted by molar-refractivity contribution is -0.144. The first-order valence-electron chi connectivity index (χ1n) is 9.56. The lowest BCUT2D eigenvalue weighted by Gasteiger charge is -2.35. The molecule has 0 aliphatic carbocycles. The molecule has 0 aromatic heterocycles. The Bertz CT molecular complexity index is 817. The van der Waals surface area contributed by atoms with Crippen LogP contribution in [0.4, 0.5) is 0 Å². The number of rotatable bonds is 4. The Morgan fingerprint density at radius 3 is 2.30 bits per heavy atom. The van der Waals surface area contributed by atoms with Crippen molar-refractivity contribution in [3.63, 3.8) is 0 Å². The van der Waals surface area contributed by atoms with E-state index in [1.165, 1.54) is 12.8 Å². The van der Waals surface area contributed by atoms with Crippen molar-refractivity contribution in [1.82, 2.24) is 4.90 Å². The summed E-state index contributed by atoms with van der Waals surface area (Å²) in [6.07, 6.45) is 6.17. The van der Waals surface area contributed by atoms with Gasteiger partial charge in [-0.3, -0.25) is 0 Å². The number of fused-ring (bicyclic) bond motifs is 2. The summed E-state index contributed by atoms with van der Waals surface area (Å²) in [5, 5.41) is 0.679. The highest BCUT2D eigenvalue weighted by Gasteiger charge is 2.40. The second kappa shape index (κ2) is 7.87. The van der Waals surface area contributed by atoms with Gasteiger partial charge in [0.05, 0.1) is 5.57 Å². The smallest absolute Gasteiger partial charge is 0.339 e. The molecular formula is C23H24ClNO2. The molecule has 27 heavy (non-hydrogen) atoms. The fourth-order valence-electron chi connectivity index (χ4n) is 4.28. The van der Waals surface area contributed by atoms with Crippen molar-refractivity contribution >= 4 is 29.2 Å². The molecule has 2 aliphatic heterocycles. The molecular weight excluding hydrogens is 358 g/mol. The van der Waals surface area contributed by atoms with E-state index in [1.54, 1.807) is 0 Å². The SMILES string of the molecule is CN1[C@@H]2CC[C@H]1CC(OC(=O)/C(=C/c1ccc(Cl)cc1)c1ccccc1)C2. The Balaban J connectivity index is 1.57. The number of benzene rings is 2. The van der Waals surface area contributed by atoms with Crippen molar-refractivity contribution in [2.24, 2.45) is 0 Å². The maximum Gasteiger partial charge on any atom is 0.339 e. The summed E-state index contributed by atoms with van der Waals surface area (Å²) < 4.78 is 5.97. The summed E-state index contributed by atoms with van der Waals surface area (Å²) in [6.45, 7) is 0. The topological polar surface area (TPSA) is 29.5 Å². The van der Waals surface area contributed by atoms with Crippen LogP contribution in [-0.2, 0) is 9.53 Å². The zero-order chi connectivity index (χ0) is 18.8.